The Bertz CT molecular complexity index is 105. The molecule has 0 bridgehead atoms. The lowest BCUT2D eigenvalue weighted by Crippen LogP contribution is -2.48. The molecule has 0 spiro atoms. The Kier molecular flexibility index (Phi) is 1.40. The molecule has 8 heavy (non-hydrogen) atoms. The molecule has 1 rings (SSSR count). The molecular formula is C5H10BNO. The van der Waals surface area contributed by atoms with Gasteiger partial charge in [-0.2, -0.15) is 0 Å². The molecule has 1 aliphatic rings. The van der Waals surface area contributed by atoms with E-state index in [4.69, 9.17) is 5.02 Å². The SMILES string of the molecule is C=C1CN(B(C)O)C1. The summed E-state index contributed by atoms with van der Waals surface area (Å²) < 4.78 is 0. The molecule has 0 aliphatic carbocycles. The molecule has 0 atom stereocenters. The topological polar surface area (TPSA) is 23.5 Å². The summed E-state index contributed by atoms with van der Waals surface area (Å²) in [6, 6.07) is 0. The van der Waals surface area contributed by atoms with Crippen molar-refractivity contribution in [2.24, 2.45) is 0 Å². The number of hydrogen-bond acceptors (Lipinski definition) is 2. The van der Waals surface area contributed by atoms with Gasteiger partial charge in [0.15, 0.2) is 0 Å². The summed E-state index contributed by atoms with van der Waals surface area (Å²) in [4.78, 5) is 1.95. The monoisotopic (exact) mass is 111 g/mol. The van der Waals surface area contributed by atoms with Crippen LogP contribution in [0.4, 0.5) is 0 Å². The molecule has 1 fully saturated rings. The van der Waals surface area contributed by atoms with Crippen molar-refractivity contribution in [2.75, 3.05) is 13.1 Å². The van der Waals surface area contributed by atoms with E-state index < -0.39 is 0 Å². The van der Waals surface area contributed by atoms with Crippen LogP contribution < -0.4 is 0 Å². The van der Waals surface area contributed by atoms with E-state index in [0.717, 1.165) is 13.1 Å². The number of nitrogens with zero attached hydrogens (tertiary/aromatic N) is 1. The average Bonchev–Trinajstić information content (AvgIpc) is 1.57. The average molecular weight is 111 g/mol. The summed E-state index contributed by atoms with van der Waals surface area (Å²) >= 11 is 0. The standard InChI is InChI=1S/C5H10BNO/c1-5-3-7(4-5)6(2)8/h8H,1,3-4H2,2H3. The molecule has 1 N–H and O–H groups in total. The molecule has 0 radical (unpaired) electrons. The van der Waals surface area contributed by atoms with Crippen LogP contribution in [0.2, 0.25) is 6.82 Å². The zero-order valence-corrected chi connectivity index (χ0v) is 5.09. The summed E-state index contributed by atoms with van der Waals surface area (Å²) in [7, 11) is -0.291. The highest BCUT2D eigenvalue weighted by Crippen LogP contribution is 2.11. The van der Waals surface area contributed by atoms with Crippen LogP contribution in [0.15, 0.2) is 12.2 Å². The largest absolute Gasteiger partial charge is 0.437 e. The van der Waals surface area contributed by atoms with Gasteiger partial charge in [-0.25, -0.2) is 0 Å². The van der Waals surface area contributed by atoms with E-state index in [1.54, 1.807) is 6.82 Å². The van der Waals surface area contributed by atoms with E-state index in [1.165, 1.54) is 5.57 Å². The van der Waals surface area contributed by atoms with Crippen molar-refractivity contribution in [1.82, 2.24) is 4.81 Å². The predicted molar refractivity (Wildman–Crippen MR) is 34.5 cm³/mol. The summed E-state index contributed by atoms with van der Waals surface area (Å²) in [6.07, 6.45) is 0. The van der Waals surface area contributed by atoms with Gasteiger partial charge in [-0.1, -0.05) is 12.2 Å². The molecule has 0 aromatic heterocycles. The first-order valence-electron chi connectivity index (χ1n) is 2.79. The van der Waals surface area contributed by atoms with Gasteiger partial charge >= 0.3 is 7.05 Å². The highest BCUT2D eigenvalue weighted by Gasteiger charge is 2.24. The maximum Gasteiger partial charge on any atom is 0.376 e. The molecule has 3 heteroatoms. The van der Waals surface area contributed by atoms with Gasteiger partial charge in [0.05, 0.1) is 0 Å². The van der Waals surface area contributed by atoms with Crippen molar-refractivity contribution < 1.29 is 5.02 Å². The fourth-order valence-electron chi connectivity index (χ4n) is 0.792. The van der Waals surface area contributed by atoms with Crippen molar-refractivity contribution >= 4 is 7.05 Å². The smallest absolute Gasteiger partial charge is 0.376 e. The fraction of sp³-hybridized carbons (Fsp3) is 0.600. The molecule has 0 aromatic rings. The fourth-order valence-corrected chi connectivity index (χ4v) is 0.792. The normalized spacial score (nSPS) is 20.5. The quantitative estimate of drug-likeness (QED) is 0.379. The summed E-state index contributed by atoms with van der Waals surface area (Å²) in [5, 5.41) is 8.87. The molecule has 0 saturated carbocycles. The Balaban J connectivity index is 2.25. The Morgan fingerprint density at radius 1 is 1.75 bits per heavy atom. The molecule has 1 aliphatic heterocycles. The maximum absolute atomic E-state index is 8.87. The van der Waals surface area contributed by atoms with Crippen molar-refractivity contribution in [1.29, 1.82) is 0 Å². The zero-order valence-electron chi connectivity index (χ0n) is 5.09. The summed E-state index contributed by atoms with van der Waals surface area (Å²) in [6.45, 7) is 7.26. The van der Waals surface area contributed by atoms with Crippen LogP contribution in [-0.4, -0.2) is 30.0 Å². The third kappa shape index (κ3) is 0.930. The van der Waals surface area contributed by atoms with E-state index >= 15 is 0 Å². The third-order valence-corrected chi connectivity index (χ3v) is 1.38. The Hall–Kier alpha value is -0.275. The van der Waals surface area contributed by atoms with Crippen LogP contribution in [0.5, 0.6) is 0 Å². The second-order valence-electron chi connectivity index (χ2n) is 2.29. The minimum atomic E-state index is -0.291. The number of rotatable bonds is 1. The third-order valence-electron chi connectivity index (χ3n) is 1.38. The highest BCUT2D eigenvalue weighted by atomic mass is 16.2. The van der Waals surface area contributed by atoms with E-state index in [-0.39, 0.29) is 7.05 Å². The van der Waals surface area contributed by atoms with Gasteiger partial charge in [-0.15, -0.1) is 0 Å². The van der Waals surface area contributed by atoms with Gasteiger partial charge in [0.1, 0.15) is 0 Å². The van der Waals surface area contributed by atoms with Gasteiger partial charge in [0.2, 0.25) is 0 Å². The van der Waals surface area contributed by atoms with Crippen molar-refractivity contribution in [3.63, 3.8) is 0 Å². The van der Waals surface area contributed by atoms with Gasteiger partial charge in [0.25, 0.3) is 0 Å². The van der Waals surface area contributed by atoms with Gasteiger partial charge in [-0.05, 0) is 6.82 Å². The summed E-state index contributed by atoms with van der Waals surface area (Å²) in [5.74, 6) is 0. The minimum absolute atomic E-state index is 0.291. The van der Waals surface area contributed by atoms with Crippen LogP contribution in [0.1, 0.15) is 0 Å². The minimum Gasteiger partial charge on any atom is -0.437 e. The van der Waals surface area contributed by atoms with Crippen LogP contribution in [-0.2, 0) is 0 Å². The maximum atomic E-state index is 8.87. The second kappa shape index (κ2) is 1.92. The second-order valence-corrected chi connectivity index (χ2v) is 2.29. The number of hydrogen-bond donors (Lipinski definition) is 1. The Morgan fingerprint density at radius 2 is 2.25 bits per heavy atom. The lowest BCUT2D eigenvalue weighted by Gasteiger charge is -2.33. The molecular weight excluding hydrogens is 101 g/mol. The van der Waals surface area contributed by atoms with Crippen molar-refractivity contribution in [3.8, 4) is 0 Å². The molecule has 1 saturated heterocycles. The molecule has 0 amide bonds. The van der Waals surface area contributed by atoms with Crippen molar-refractivity contribution in [3.05, 3.63) is 12.2 Å². The van der Waals surface area contributed by atoms with Gasteiger partial charge in [-0.3, -0.25) is 0 Å². The lowest BCUT2D eigenvalue weighted by atomic mass is 9.80. The van der Waals surface area contributed by atoms with Crippen LogP contribution in [0.25, 0.3) is 0 Å². The Labute approximate surface area is 49.9 Å². The molecule has 2 nitrogen and oxygen atoms in total. The van der Waals surface area contributed by atoms with E-state index in [1.807, 2.05) is 4.81 Å². The van der Waals surface area contributed by atoms with E-state index in [0.29, 0.717) is 0 Å². The molecule has 1 heterocycles. The first kappa shape index (κ1) is 5.85. The Morgan fingerprint density at radius 3 is 2.38 bits per heavy atom. The van der Waals surface area contributed by atoms with Crippen LogP contribution >= 0.6 is 0 Å². The van der Waals surface area contributed by atoms with Crippen LogP contribution in [0, 0.1) is 0 Å². The zero-order chi connectivity index (χ0) is 6.15. The van der Waals surface area contributed by atoms with E-state index in [2.05, 4.69) is 6.58 Å². The van der Waals surface area contributed by atoms with Crippen molar-refractivity contribution in [2.45, 2.75) is 6.82 Å². The predicted octanol–water partition coefficient (Wildman–Crippen LogP) is -0.0315. The van der Waals surface area contributed by atoms with Gasteiger partial charge < -0.3 is 9.83 Å². The summed E-state index contributed by atoms with van der Waals surface area (Å²) in [5.41, 5.74) is 1.21. The molecule has 0 unspecified atom stereocenters. The highest BCUT2D eigenvalue weighted by molar-refractivity contribution is 6.45. The van der Waals surface area contributed by atoms with Gasteiger partial charge in [0, 0.05) is 13.1 Å². The first-order chi connectivity index (χ1) is 3.70. The van der Waals surface area contributed by atoms with Crippen LogP contribution in [0.3, 0.4) is 0 Å². The first-order valence-corrected chi connectivity index (χ1v) is 2.79. The molecule has 44 valence electrons. The van der Waals surface area contributed by atoms with E-state index in [9.17, 15) is 0 Å². The lowest BCUT2D eigenvalue weighted by molar-refractivity contribution is 0.347. The molecule has 0 aromatic carbocycles.